The number of aliphatic hydroxyl groups excluding tert-OH is 1. The molecule has 0 saturated heterocycles. The van der Waals surface area contributed by atoms with Crippen molar-refractivity contribution in [2.75, 3.05) is 6.54 Å². The van der Waals surface area contributed by atoms with E-state index in [0.717, 1.165) is 25.7 Å². The van der Waals surface area contributed by atoms with Gasteiger partial charge in [0.15, 0.2) is 0 Å². The average molecular weight is 274 g/mol. The molecule has 0 radical (unpaired) electrons. The highest BCUT2D eigenvalue weighted by Crippen LogP contribution is 2.05. The fraction of sp³-hybridized carbons (Fsp3) is 0.846. The van der Waals surface area contributed by atoms with Crippen molar-refractivity contribution in [3.63, 3.8) is 0 Å². The van der Waals surface area contributed by atoms with Crippen molar-refractivity contribution in [1.82, 2.24) is 5.32 Å². The lowest BCUT2D eigenvalue weighted by molar-refractivity contribution is -0.143. The van der Waals surface area contributed by atoms with Crippen LogP contribution in [0.1, 0.15) is 51.9 Å². The van der Waals surface area contributed by atoms with Crippen LogP contribution in [0.15, 0.2) is 0 Å². The van der Waals surface area contributed by atoms with Gasteiger partial charge in [0.1, 0.15) is 12.1 Å². The molecule has 0 aromatic carbocycles. The van der Waals surface area contributed by atoms with E-state index < -0.39 is 24.0 Å². The Kier molecular flexibility index (Phi) is 10.1. The van der Waals surface area contributed by atoms with Gasteiger partial charge in [0.2, 0.25) is 5.91 Å². The minimum Gasteiger partial charge on any atom is -0.480 e. The second kappa shape index (κ2) is 10.8. The SMILES string of the molecule is CCCCCC(O)C(=O)N[C@@H](CCCCN)C(=O)O. The molecule has 0 aromatic rings. The van der Waals surface area contributed by atoms with E-state index in [0.29, 0.717) is 25.8 Å². The molecule has 2 atom stereocenters. The molecule has 0 fully saturated rings. The molecule has 0 saturated carbocycles. The van der Waals surface area contributed by atoms with Crippen molar-refractivity contribution >= 4 is 11.9 Å². The first kappa shape index (κ1) is 17.9. The number of hydrogen-bond acceptors (Lipinski definition) is 4. The Balaban J connectivity index is 4.11. The first-order chi connectivity index (χ1) is 9.02. The number of aliphatic hydroxyl groups is 1. The number of hydrogen-bond donors (Lipinski definition) is 4. The van der Waals surface area contributed by atoms with E-state index in [1.165, 1.54) is 0 Å². The van der Waals surface area contributed by atoms with Gasteiger partial charge in [0.05, 0.1) is 0 Å². The summed E-state index contributed by atoms with van der Waals surface area (Å²) in [6.45, 7) is 2.53. The normalized spacial score (nSPS) is 13.8. The van der Waals surface area contributed by atoms with Gasteiger partial charge in [0.25, 0.3) is 0 Å². The third-order valence-corrected chi connectivity index (χ3v) is 2.95. The van der Waals surface area contributed by atoms with Crippen molar-refractivity contribution in [2.45, 2.75) is 64.0 Å². The van der Waals surface area contributed by atoms with Crippen LogP contribution in [0.2, 0.25) is 0 Å². The molecule has 5 N–H and O–H groups in total. The number of amides is 1. The largest absolute Gasteiger partial charge is 0.480 e. The summed E-state index contributed by atoms with van der Waals surface area (Å²) in [4.78, 5) is 22.6. The predicted molar refractivity (Wildman–Crippen MR) is 72.6 cm³/mol. The lowest BCUT2D eigenvalue weighted by Crippen LogP contribution is -2.45. The van der Waals surface area contributed by atoms with E-state index in [1.807, 2.05) is 6.92 Å². The van der Waals surface area contributed by atoms with Crippen molar-refractivity contribution in [1.29, 1.82) is 0 Å². The number of carbonyl (C=O) groups is 2. The highest BCUT2D eigenvalue weighted by molar-refractivity contribution is 5.86. The van der Waals surface area contributed by atoms with Gasteiger partial charge < -0.3 is 21.3 Å². The van der Waals surface area contributed by atoms with Crippen LogP contribution < -0.4 is 11.1 Å². The molecule has 0 bridgehead atoms. The molecule has 0 aliphatic heterocycles. The van der Waals surface area contributed by atoms with Gasteiger partial charge in [-0.15, -0.1) is 0 Å². The number of unbranched alkanes of at least 4 members (excludes halogenated alkanes) is 3. The summed E-state index contributed by atoms with van der Waals surface area (Å²) in [7, 11) is 0. The number of carbonyl (C=O) groups excluding carboxylic acids is 1. The summed E-state index contributed by atoms with van der Waals surface area (Å²) < 4.78 is 0. The summed E-state index contributed by atoms with van der Waals surface area (Å²) in [5.74, 6) is -1.68. The highest BCUT2D eigenvalue weighted by atomic mass is 16.4. The van der Waals surface area contributed by atoms with Crippen LogP contribution in [0.5, 0.6) is 0 Å². The second-order valence-corrected chi connectivity index (χ2v) is 4.70. The quantitative estimate of drug-likeness (QED) is 0.413. The summed E-state index contributed by atoms with van der Waals surface area (Å²) >= 11 is 0. The summed E-state index contributed by atoms with van der Waals surface area (Å²) in [5, 5.41) is 21.0. The summed E-state index contributed by atoms with van der Waals surface area (Å²) in [6, 6.07) is -0.945. The van der Waals surface area contributed by atoms with Gasteiger partial charge in [-0.25, -0.2) is 4.79 Å². The molecular weight excluding hydrogens is 248 g/mol. The Morgan fingerprint density at radius 1 is 1.16 bits per heavy atom. The van der Waals surface area contributed by atoms with E-state index in [4.69, 9.17) is 10.8 Å². The Bertz CT molecular complexity index is 271. The van der Waals surface area contributed by atoms with Gasteiger partial charge in [0, 0.05) is 0 Å². The molecule has 0 aliphatic rings. The molecule has 6 heteroatoms. The predicted octanol–water partition coefficient (Wildman–Crippen LogP) is 0.626. The summed E-state index contributed by atoms with van der Waals surface area (Å²) in [5.41, 5.74) is 5.33. The molecule has 112 valence electrons. The third-order valence-electron chi connectivity index (χ3n) is 2.95. The topological polar surface area (TPSA) is 113 Å². The maximum absolute atomic E-state index is 11.6. The number of nitrogens with two attached hydrogens (primary N) is 1. The zero-order valence-corrected chi connectivity index (χ0v) is 11.6. The van der Waals surface area contributed by atoms with E-state index in [1.54, 1.807) is 0 Å². The number of nitrogens with one attached hydrogen (secondary N) is 1. The maximum Gasteiger partial charge on any atom is 0.326 e. The molecule has 0 aliphatic carbocycles. The van der Waals surface area contributed by atoms with E-state index in [9.17, 15) is 14.7 Å². The third kappa shape index (κ3) is 8.56. The zero-order valence-electron chi connectivity index (χ0n) is 11.6. The molecule has 0 heterocycles. The van der Waals surface area contributed by atoms with Crippen LogP contribution >= 0.6 is 0 Å². The van der Waals surface area contributed by atoms with Crippen molar-refractivity contribution < 1.29 is 19.8 Å². The van der Waals surface area contributed by atoms with Gasteiger partial charge >= 0.3 is 5.97 Å². The van der Waals surface area contributed by atoms with E-state index >= 15 is 0 Å². The monoisotopic (exact) mass is 274 g/mol. The number of rotatable bonds is 11. The van der Waals surface area contributed by atoms with Crippen LogP contribution in [-0.4, -0.2) is 40.8 Å². The van der Waals surface area contributed by atoms with Crippen LogP contribution in [-0.2, 0) is 9.59 Å². The van der Waals surface area contributed by atoms with Gasteiger partial charge in [-0.1, -0.05) is 26.2 Å². The molecule has 1 amide bonds. The van der Waals surface area contributed by atoms with Crippen LogP contribution in [0, 0.1) is 0 Å². The van der Waals surface area contributed by atoms with Gasteiger partial charge in [-0.2, -0.15) is 0 Å². The fourth-order valence-electron chi connectivity index (χ4n) is 1.74. The molecule has 0 rings (SSSR count). The van der Waals surface area contributed by atoms with E-state index in [-0.39, 0.29) is 0 Å². The molecular formula is C13H26N2O4. The average Bonchev–Trinajstić information content (AvgIpc) is 2.37. The summed E-state index contributed by atoms with van der Waals surface area (Å²) in [6.07, 6.45) is 3.65. The standard InChI is InChI=1S/C13H26N2O4/c1-2-3-4-8-11(16)12(17)15-10(13(18)19)7-5-6-9-14/h10-11,16H,2-9,14H2,1H3,(H,15,17)(H,18,19)/t10-,11?/m0/s1. The van der Waals surface area contributed by atoms with Gasteiger partial charge in [-0.05, 0) is 32.2 Å². The molecule has 1 unspecified atom stereocenters. The molecule has 19 heavy (non-hydrogen) atoms. The van der Waals surface area contributed by atoms with Crippen molar-refractivity contribution in [3.05, 3.63) is 0 Å². The van der Waals surface area contributed by atoms with Crippen molar-refractivity contribution in [2.24, 2.45) is 5.73 Å². The molecule has 0 spiro atoms. The number of carboxylic acids is 1. The van der Waals surface area contributed by atoms with Crippen molar-refractivity contribution in [3.8, 4) is 0 Å². The Hall–Kier alpha value is -1.14. The lowest BCUT2D eigenvalue weighted by atomic mass is 10.1. The van der Waals surface area contributed by atoms with Crippen LogP contribution in [0.4, 0.5) is 0 Å². The number of aliphatic carboxylic acids is 1. The fourth-order valence-corrected chi connectivity index (χ4v) is 1.74. The first-order valence-electron chi connectivity index (χ1n) is 6.94. The highest BCUT2D eigenvalue weighted by Gasteiger charge is 2.23. The lowest BCUT2D eigenvalue weighted by Gasteiger charge is -2.17. The Morgan fingerprint density at radius 3 is 2.32 bits per heavy atom. The number of carboxylic acid groups (broad SMARTS) is 1. The zero-order chi connectivity index (χ0) is 14.7. The minimum absolute atomic E-state index is 0.333. The van der Waals surface area contributed by atoms with Crippen LogP contribution in [0.25, 0.3) is 0 Å². The van der Waals surface area contributed by atoms with E-state index in [2.05, 4.69) is 5.32 Å². The second-order valence-electron chi connectivity index (χ2n) is 4.70. The smallest absolute Gasteiger partial charge is 0.326 e. The molecule has 0 aromatic heterocycles. The maximum atomic E-state index is 11.6. The first-order valence-corrected chi connectivity index (χ1v) is 6.94. The Morgan fingerprint density at radius 2 is 1.79 bits per heavy atom. The minimum atomic E-state index is -1.12. The van der Waals surface area contributed by atoms with Gasteiger partial charge in [-0.3, -0.25) is 4.79 Å². The molecule has 6 nitrogen and oxygen atoms in total. The van der Waals surface area contributed by atoms with Crippen LogP contribution in [0.3, 0.4) is 0 Å². The Labute approximate surface area is 114 Å².